The SMILES string of the molecule is COc1ccc2cc(C/C=C/C(=O)O)ccc2c1. The van der Waals surface area contributed by atoms with Gasteiger partial charge in [-0.25, -0.2) is 4.79 Å². The summed E-state index contributed by atoms with van der Waals surface area (Å²) < 4.78 is 5.17. The molecule has 0 fully saturated rings. The summed E-state index contributed by atoms with van der Waals surface area (Å²) >= 11 is 0. The molecule has 18 heavy (non-hydrogen) atoms. The van der Waals surface area contributed by atoms with Gasteiger partial charge in [0.05, 0.1) is 7.11 Å². The normalized spacial score (nSPS) is 10.9. The molecule has 1 N–H and O–H groups in total. The lowest BCUT2D eigenvalue weighted by atomic mass is 10.0. The van der Waals surface area contributed by atoms with E-state index in [4.69, 9.17) is 9.84 Å². The molecule has 0 aliphatic heterocycles. The molecule has 0 heterocycles. The van der Waals surface area contributed by atoms with Crippen LogP contribution >= 0.6 is 0 Å². The van der Waals surface area contributed by atoms with Gasteiger partial charge >= 0.3 is 5.97 Å². The van der Waals surface area contributed by atoms with Gasteiger partial charge in [0.2, 0.25) is 0 Å². The zero-order valence-electron chi connectivity index (χ0n) is 10.1. The average molecular weight is 242 g/mol. The smallest absolute Gasteiger partial charge is 0.327 e. The molecule has 3 heteroatoms. The van der Waals surface area contributed by atoms with Gasteiger partial charge in [0.15, 0.2) is 0 Å². The summed E-state index contributed by atoms with van der Waals surface area (Å²) in [6, 6.07) is 12.0. The van der Waals surface area contributed by atoms with Gasteiger partial charge in [-0.15, -0.1) is 0 Å². The monoisotopic (exact) mass is 242 g/mol. The van der Waals surface area contributed by atoms with Crippen LogP contribution in [0.2, 0.25) is 0 Å². The van der Waals surface area contributed by atoms with Crippen molar-refractivity contribution in [1.82, 2.24) is 0 Å². The van der Waals surface area contributed by atoms with E-state index in [1.165, 1.54) is 0 Å². The van der Waals surface area contributed by atoms with Crippen LogP contribution in [0, 0.1) is 0 Å². The number of aliphatic carboxylic acids is 1. The predicted octanol–water partition coefficient (Wildman–Crippen LogP) is 3.03. The Bertz CT molecular complexity index is 600. The van der Waals surface area contributed by atoms with Gasteiger partial charge in [-0.2, -0.15) is 0 Å². The molecule has 0 aliphatic rings. The molecule has 0 saturated heterocycles. The number of carbonyl (C=O) groups is 1. The van der Waals surface area contributed by atoms with E-state index >= 15 is 0 Å². The van der Waals surface area contributed by atoms with Gasteiger partial charge < -0.3 is 9.84 Å². The van der Waals surface area contributed by atoms with Crippen molar-refractivity contribution in [2.24, 2.45) is 0 Å². The number of hydrogen-bond acceptors (Lipinski definition) is 2. The van der Waals surface area contributed by atoms with Gasteiger partial charge in [0.25, 0.3) is 0 Å². The van der Waals surface area contributed by atoms with Gasteiger partial charge in [-0.1, -0.05) is 30.3 Å². The van der Waals surface area contributed by atoms with Crippen LogP contribution in [-0.4, -0.2) is 18.2 Å². The second-order valence-corrected chi connectivity index (χ2v) is 3.99. The van der Waals surface area contributed by atoms with Crippen molar-refractivity contribution in [2.75, 3.05) is 7.11 Å². The first-order valence-corrected chi connectivity index (χ1v) is 5.65. The maximum atomic E-state index is 10.4. The van der Waals surface area contributed by atoms with Crippen molar-refractivity contribution >= 4 is 16.7 Å². The number of allylic oxidation sites excluding steroid dienone is 1. The molecule has 92 valence electrons. The highest BCUT2D eigenvalue weighted by Crippen LogP contribution is 2.22. The average Bonchev–Trinajstić information content (AvgIpc) is 2.37. The second-order valence-electron chi connectivity index (χ2n) is 3.99. The minimum atomic E-state index is -0.916. The third-order valence-corrected chi connectivity index (χ3v) is 2.73. The number of ether oxygens (including phenoxy) is 1. The van der Waals surface area contributed by atoms with Crippen LogP contribution in [0.15, 0.2) is 48.6 Å². The first-order valence-electron chi connectivity index (χ1n) is 5.65. The lowest BCUT2D eigenvalue weighted by Crippen LogP contribution is -1.88. The third kappa shape index (κ3) is 2.88. The second kappa shape index (κ2) is 5.36. The van der Waals surface area contributed by atoms with Crippen LogP contribution < -0.4 is 4.74 Å². The minimum absolute atomic E-state index is 0.619. The summed E-state index contributed by atoms with van der Waals surface area (Å²) in [4.78, 5) is 10.4. The molecule has 0 atom stereocenters. The van der Waals surface area contributed by atoms with Gasteiger partial charge in [0, 0.05) is 6.08 Å². The topological polar surface area (TPSA) is 46.5 Å². The maximum Gasteiger partial charge on any atom is 0.327 e. The van der Waals surface area contributed by atoms with Crippen LogP contribution in [-0.2, 0) is 11.2 Å². The summed E-state index contributed by atoms with van der Waals surface area (Å²) in [5.74, 6) is -0.0819. The van der Waals surface area contributed by atoms with Crippen molar-refractivity contribution in [1.29, 1.82) is 0 Å². The summed E-state index contributed by atoms with van der Waals surface area (Å²) in [6.45, 7) is 0. The number of rotatable bonds is 4. The van der Waals surface area contributed by atoms with E-state index in [1.54, 1.807) is 13.2 Å². The Morgan fingerprint density at radius 1 is 1.22 bits per heavy atom. The zero-order chi connectivity index (χ0) is 13.0. The first kappa shape index (κ1) is 12.2. The highest BCUT2D eigenvalue weighted by Gasteiger charge is 1.98. The Kier molecular flexibility index (Phi) is 3.63. The number of benzene rings is 2. The predicted molar refractivity (Wildman–Crippen MR) is 71.0 cm³/mol. The van der Waals surface area contributed by atoms with Crippen molar-refractivity contribution in [3.63, 3.8) is 0 Å². The fourth-order valence-electron chi connectivity index (χ4n) is 1.82. The Balaban J connectivity index is 2.25. The molecule has 0 radical (unpaired) electrons. The van der Waals surface area contributed by atoms with Crippen LogP contribution in [0.1, 0.15) is 5.56 Å². The van der Waals surface area contributed by atoms with E-state index < -0.39 is 5.97 Å². The largest absolute Gasteiger partial charge is 0.497 e. The van der Waals surface area contributed by atoms with Crippen molar-refractivity contribution in [3.8, 4) is 5.75 Å². The molecule has 0 aromatic heterocycles. The molecular weight excluding hydrogens is 228 g/mol. The molecule has 3 nitrogen and oxygen atoms in total. The molecule has 0 bridgehead atoms. The van der Waals surface area contributed by atoms with Gasteiger partial charge in [-0.05, 0) is 34.9 Å². The summed E-state index contributed by atoms with van der Waals surface area (Å²) in [5, 5.41) is 10.8. The van der Waals surface area contributed by atoms with E-state index in [1.807, 2.05) is 30.3 Å². The van der Waals surface area contributed by atoms with E-state index in [0.717, 1.165) is 28.2 Å². The van der Waals surface area contributed by atoms with Crippen LogP contribution in [0.3, 0.4) is 0 Å². The fraction of sp³-hybridized carbons (Fsp3) is 0.133. The number of fused-ring (bicyclic) bond motifs is 1. The van der Waals surface area contributed by atoms with Crippen molar-refractivity contribution in [2.45, 2.75) is 6.42 Å². The molecular formula is C15H14O3. The summed E-state index contributed by atoms with van der Waals surface area (Å²) in [7, 11) is 1.65. The lowest BCUT2D eigenvalue weighted by Gasteiger charge is -2.04. The highest BCUT2D eigenvalue weighted by atomic mass is 16.5. The zero-order valence-corrected chi connectivity index (χ0v) is 10.1. The van der Waals surface area contributed by atoms with Crippen molar-refractivity contribution in [3.05, 3.63) is 54.1 Å². The lowest BCUT2D eigenvalue weighted by molar-refractivity contribution is -0.131. The number of hydrogen-bond donors (Lipinski definition) is 1. The van der Waals surface area contributed by atoms with E-state index in [9.17, 15) is 4.79 Å². The standard InChI is InChI=1S/C15H14O3/c1-18-14-8-7-12-9-11(3-2-4-15(16)17)5-6-13(12)10-14/h2,4-10H,3H2,1H3,(H,16,17)/b4-2+. The van der Waals surface area contributed by atoms with E-state index in [2.05, 4.69) is 6.07 Å². The number of carboxylic acid groups (broad SMARTS) is 1. The minimum Gasteiger partial charge on any atom is -0.497 e. The number of carboxylic acids is 1. The highest BCUT2D eigenvalue weighted by molar-refractivity contribution is 5.84. The number of methoxy groups -OCH3 is 1. The van der Waals surface area contributed by atoms with Crippen molar-refractivity contribution < 1.29 is 14.6 Å². The van der Waals surface area contributed by atoms with E-state index in [0.29, 0.717) is 6.42 Å². The Morgan fingerprint density at radius 2 is 1.94 bits per heavy atom. The van der Waals surface area contributed by atoms with Gasteiger partial charge in [0.1, 0.15) is 5.75 Å². The van der Waals surface area contributed by atoms with Crippen LogP contribution in [0.4, 0.5) is 0 Å². The van der Waals surface area contributed by atoms with E-state index in [-0.39, 0.29) is 0 Å². The third-order valence-electron chi connectivity index (χ3n) is 2.73. The van der Waals surface area contributed by atoms with Crippen LogP contribution in [0.5, 0.6) is 5.75 Å². The van der Waals surface area contributed by atoms with Gasteiger partial charge in [-0.3, -0.25) is 0 Å². The quantitative estimate of drug-likeness (QED) is 0.838. The maximum absolute atomic E-state index is 10.4. The fourth-order valence-corrected chi connectivity index (χ4v) is 1.82. The first-order chi connectivity index (χ1) is 8.69. The Labute approximate surface area is 105 Å². The summed E-state index contributed by atoms with van der Waals surface area (Å²) in [6.07, 6.45) is 3.43. The summed E-state index contributed by atoms with van der Waals surface area (Å²) in [5.41, 5.74) is 1.09. The molecule has 2 rings (SSSR count). The molecule has 2 aromatic carbocycles. The molecule has 0 amide bonds. The van der Waals surface area contributed by atoms with Crippen LogP contribution in [0.25, 0.3) is 10.8 Å². The molecule has 0 spiro atoms. The molecule has 0 unspecified atom stereocenters. The Hall–Kier alpha value is -2.29. The molecule has 0 saturated carbocycles. The molecule has 2 aromatic rings. The molecule has 0 aliphatic carbocycles. The Morgan fingerprint density at radius 3 is 2.67 bits per heavy atom.